The Hall–Kier alpha value is -4.37. The summed E-state index contributed by atoms with van der Waals surface area (Å²) in [5, 5.41) is 10.6. The van der Waals surface area contributed by atoms with Crippen LogP contribution in [0.3, 0.4) is 0 Å². The molecule has 8 nitrogen and oxygen atoms in total. The fourth-order valence-electron chi connectivity index (χ4n) is 5.83. The molecule has 1 saturated heterocycles. The van der Waals surface area contributed by atoms with Crippen molar-refractivity contribution in [2.24, 2.45) is 5.41 Å². The van der Waals surface area contributed by atoms with Gasteiger partial charge in [0.1, 0.15) is 17.9 Å². The quantitative estimate of drug-likeness (QED) is 0.190. The van der Waals surface area contributed by atoms with Crippen LogP contribution < -0.4 is 9.64 Å². The molecule has 9 heteroatoms. The number of benzene rings is 2. The Morgan fingerprint density at radius 1 is 1.00 bits per heavy atom. The number of hydrogen-bond acceptors (Lipinski definition) is 7. The van der Waals surface area contributed by atoms with E-state index in [4.69, 9.17) is 14.5 Å². The van der Waals surface area contributed by atoms with E-state index in [0.29, 0.717) is 35.7 Å². The maximum atomic E-state index is 13.3. The molecule has 46 heavy (non-hydrogen) atoms. The van der Waals surface area contributed by atoms with Crippen molar-refractivity contribution >= 4 is 11.7 Å². The lowest BCUT2D eigenvalue weighted by Crippen LogP contribution is -2.39. The molecule has 1 aliphatic rings. The lowest BCUT2D eigenvalue weighted by Gasteiger charge is -2.41. The highest BCUT2D eigenvalue weighted by Gasteiger charge is 2.37. The number of anilines is 1. The number of aromatic nitrogens is 3. The molecular weight excluding hydrogens is 583 g/mol. The Bertz CT molecular complexity index is 1640. The van der Waals surface area contributed by atoms with E-state index < -0.39 is 17.7 Å². The zero-order valence-electron chi connectivity index (χ0n) is 27.5. The number of carboxylic acid groups (broad SMARTS) is 1. The van der Waals surface area contributed by atoms with E-state index in [1.807, 2.05) is 52.0 Å². The molecule has 0 radical (unpaired) electrons. The maximum absolute atomic E-state index is 13.3. The third kappa shape index (κ3) is 7.88. The van der Waals surface area contributed by atoms with Crippen LogP contribution in [0.25, 0.3) is 22.4 Å². The third-order valence-electron chi connectivity index (χ3n) is 8.34. The minimum atomic E-state index is -1.23. The molecule has 0 aliphatic carbocycles. The van der Waals surface area contributed by atoms with E-state index in [-0.39, 0.29) is 11.2 Å². The van der Waals surface area contributed by atoms with Crippen molar-refractivity contribution < 1.29 is 23.8 Å². The molecule has 0 bridgehead atoms. The number of hydrogen-bond donors (Lipinski definition) is 1. The number of nitrogens with zero attached hydrogens (tertiary/aromatic N) is 4. The van der Waals surface area contributed by atoms with Crippen LogP contribution in [0.15, 0.2) is 67.3 Å². The summed E-state index contributed by atoms with van der Waals surface area (Å²) in [6.45, 7) is 13.9. The Kier molecular flexibility index (Phi) is 9.72. The summed E-state index contributed by atoms with van der Waals surface area (Å²) < 4.78 is 25.6. The van der Waals surface area contributed by atoms with Crippen LogP contribution in [0, 0.1) is 18.2 Å². The molecule has 5 rings (SSSR count). The molecule has 1 aliphatic heterocycles. The van der Waals surface area contributed by atoms with Crippen LogP contribution in [0.5, 0.6) is 5.75 Å². The smallest absolute Gasteiger partial charge is 0.337 e. The van der Waals surface area contributed by atoms with E-state index in [0.717, 1.165) is 53.9 Å². The fourth-order valence-corrected chi connectivity index (χ4v) is 5.83. The number of carboxylic acids is 1. The molecule has 0 amide bonds. The minimum absolute atomic E-state index is 0.177. The molecule has 0 saturated carbocycles. The summed E-state index contributed by atoms with van der Waals surface area (Å²) in [6, 6.07) is 14.2. The first-order valence-corrected chi connectivity index (χ1v) is 15.7. The summed E-state index contributed by atoms with van der Waals surface area (Å²) >= 11 is 0. The first kappa shape index (κ1) is 33.0. The Labute approximate surface area is 270 Å². The highest BCUT2D eigenvalue weighted by molar-refractivity contribution is 5.94. The number of pyridine rings is 1. The summed E-state index contributed by atoms with van der Waals surface area (Å²) in [5.74, 6) is -0.635. The van der Waals surface area contributed by atoms with Gasteiger partial charge in [-0.2, -0.15) is 0 Å². The Morgan fingerprint density at radius 3 is 2.22 bits per heavy atom. The van der Waals surface area contributed by atoms with Crippen LogP contribution in [-0.2, 0) is 16.0 Å². The van der Waals surface area contributed by atoms with Gasteiger partial charge >= 0.3 is 5.97 Å². The normalized spacial score (nSPS) is 15.4. The van der Waals surface area contributed by atoms with Gasteiger partial charge in [0.15, 0.2) is 6.10 Å². The fraction of sp³-hybridized carbons (Fsp3) is 0.405. The summed E-state index contributed by atoms with van der Waals surface area (Å²) in [4.78, 5) is 28.8. The number of halogens is 1. The minimum Gasteiger partial charge on any atom is -0.493 e. The van der Waals surface area contributed by atoms with Crippen LogP contribution in [0.4, 0.5) is 10.1 Å². The second-order valence-corrected chi connectivity index (χ2v) is 13.7. The molecule has 1 fully saturated rings. The lowest BCUT2D eigenvalue weighted by atomic mass is 9.81. The molecule has 2 aromatic heterocycles. The standard InChI is InChI=1S/C37H43FN4O4/c1-24-30(34(35(43)44)46-36(2,3)4)33(42-18-16-37(5,6)17-19-42)31(32(41-24)27-21-39-23-40-22-27)26-9-13-29(14-10-26)45-20-15-25-7-11-28(38)12-8-25/h7-14,21-23,34H,15-20H2,1-6H3,(H,43,44). The number of carbonyl (C=O) groups is 1. The molecular formula is C37H43FN4O4. The van der Waals surface area contributed by atoms with Gasteiger partial charge in [0, 0.05) is 54.3 Å². The first-order valence-electron chi connectivity index (χ1n) is 15.7. The SMILES string of the molecule is Cc1nc(-c2cncnc2)c(-c2ccc(OCCc3ccc(F)cc3)cc2)c(N2CCC(C)(C)CC2)c1C(OC(C)(C)C)C(=O)O. The average molecular weight is 627 g/mol. The maximum Gasteiger partial charge on any atom is 0.337 e. The zero-order valence-corrected chi connectivity index (χ0v) is 27.5. The number of ether oxygens (including phenoxy) is 2. The van der Waals surface area contributed by atoms with Gasteiger partial charge in [0.25, 0.3) is 0 Å². The second-order valence-electron chi connectivity index (χ2n) is 13.7. The Balaban J connectivity index is 1.63. The van der Waals surface area contributed by atoms with Crippen LogP contribution in [0.2, 0.25) is 0 Å². The monoisotopic (exact) mass is 626 g/mol. The average Bonchev–Trinajstić information content (AvgIpc) is 3.01. The van der Waals surface area contributed by atoms with Gasteiger partial charge in [-0.15, -0.1) is 0 Å². The van der Waals surface area contributed by atoms with Crippen molar-refractivity contribution in [1.82, 2.24) is 15.0 Å². The molecule has 1 unspecified atom stereocenters. The Morgan fingerprint density at radius 2 is 1.63 bits per heavy atom. The van der Waals surface area contributed by atoms with Gasteiger partial charge in [-0.3, -0.25) is 4.98 Å². The van der Waals surface area contributed by atoms with Gasteiger partial charge in [-0.25, -0.2) is 19.2 Å². The largest absolute Gasteiger partial charge is 0.493 e. The number of aryl methyl sites for hydroxylation is 1. The summed E-state index contributed by atoms with van der Waals surface area (Å²) in [6.07, 6.45) is 6.26. The predicted molar refractivity (Wildman–Crippen MR) is 177 cm³/mol. The van der Waals surface area contributed by atoms with Gasteiger partial charge in [0.2, 0.25) is 0 Å². The number of piperidine rings is 1. The molecule has 0 spiro atoms. The third-order valence-corrected chi connectivity index (χ3v) is 8.34. The zero-order chi connectivity index (χ0) is 33.1. The molecule has 1 N–H and O–H groups in total. The van der Waals surface area contributed by atoms with E-state index in [1.165, 1.54) is 18.5 Å². The summed E-state index contributed by atoms with van der Waals surface area (Å²) in [5.41, 5.74) is 5.47. The van der Waals surface area contributed by atoms with E-state index in [1.54, 1.807) is 24.5 Å². The molecule has 2 aromatic carbocycles. The van der Waals surface area contributed by atoms with Crippen LogP contribution in [-0.4, -0.2) is 51.3 Å². The van der Waals surface area contributed by atoms with Gasteiger partial charge in [-0.05, 0) is 81.3 Å². The number of rotatable bonds is 10. The molecule has 1 atom stereocenters. The second kappa shape index (κ2) is 13.5. The summed E-state index contributed by atoms with van der Waals surface area (Å²) in [7, 11) is 0. The van der Waals surface area contributed by atoms with Crippen molar-refractivity contribution in [3.05, 3.63) is 89.9 Å². The van der Waals surface area contributed by atoms with Crippen molar-refractivity contribution in [1.29, 1.82) is 0 Å². The van der Waals surface area contributed by atoms with Crippen molar-refractivity contribution in [2.75, 3.05) is 24.6 Å². The molecule has 242 valence electrons. The van der Waals surface area contributed by atoms with E-state index in [2.05, 4.69) is 28.7 Å². The highest BCUT2D eigenvalue weighted by atomic mass is 19.1. The van der Waals surface area contributed by atoms with Crippen molar-refractivity contribution in [3.8, 4) is 28.1 Å². The van der Waals surface area contributed by atoms with E-state index >= 15 is 0 Å². The van der Waals surface area contributed by atoms with Gasteiger partial charge < -0.3 is 19.5 Å². The number of aliphatic carboxylic acids is 1. The van der Waals surface area contributed by atoms with Crippen molar-refractivity contribution in [3.63, 3.8) is 0 Å². The molecule has 3 heterocycles. The highest BCUT2D eigenvalue weighted by Crippen LogP contribution is 2.47. The first-order chi connectivity index (χ1) is 21.8. The van der Waals surface area contributed by atoms with Crippen molar-refractivity contribution in [2.45, 2.75) is 72.5 Å². The topological polar surface area (TPSA) is 97.7 Å². The lowest BCUT2D eigenvalue weighted by molar-refractivity contribution is -0.160. The van der Waals surface area contributed by atoms with Gasteiger partial charge in [-0.1, -0.05) is 38.1 Å². The van der Waals surface area contributed by atoms with Crippen LogP contribution >= 0.6 is 0 Å². The van der Waals surface area contributed by atoms with E-state index in [9.17, 15) is 14.3 Å². The van der Waals surface area contributed by atoms with Gasteiger partial charge in [0.05, 0.1) is 23.6 Å². The predicted octanol–water partition coefficient (Wildman–Crippen LogP) is 7.84. The molecule has 4 aromatic rings. The van der Waals surface area contributed by atoms with Crippen LogP contribution in [0.1, 0.15) is 70.4 Å².